The van der Waals surface area contributed by atoms with Crippen LogP contribution in [0.3, 0.4) is 0 Å². The Labute approximate surface area is 810 Å². The van der Waals surface area contributed by atoms with E-state index in [1.807, 2.05) is 134 Å². The quantitative estimate of drug-likeness (QED) is 0.0892. The second kappa shape index (κ2) is 36.4. The van der Waals surface area contributed by atoms with Crippen LogP contribution in [0, 0.1) is 0 Å². The molecule has 15 heteroatoms. The van der Waals surface area contributed by atoms with Crippen LogP contribution in [-0.4, -0.2) is 73.5 Å². The van der Waals surface area contributed by atoms with E-state index >= 15 is 0 Å². The molecule has 15 nitrogen and oxygen atoms in total. The van der Waals surface area contributed by atoms with Crippen molar-refractivity contribution in [3.63, 3.8) is 0 Å². The zero-order valence-corrected chi connectivity index (χ0v) is 76.0. The number of hydrogen-bond acceptors (Lipinski definition) is 12. The highest BCUT2D eigenvalue weighted by molar-refractivity contribution is 6.16. The lowest BCUT2D eigenvalue weighted by molar-refractivity contribution is 1.10. The van der Waals surface area contributed by atoms with E-state index in [0.29, 0.717) is 17.5 Å². The normalized spacial score (nSPS) is 11.4. The second-order valence-electron chi connectivity index (χ2n) is 34.8. The van der Waals surface area contributed by atoms with Crippen molar-refractivity contribution in [3.05, 3.63) is 492 Å². The Morgan fingerprint density at radius 2 is 0.411 bits per heavy atom. The third kappa shape index (κ3) is 16.2. The van der Waals surface area contributed by atoms with Crippen molar-refractivity contribution in [3.8, 4) is 153 Å². The Balaban J connectivity index is 0.000000113. The topological polar surface area (TPSA) is 169 Å². The molecule has 9 heterocycles. The molecular weight excluding hydrogens is 1720 g/mol. The molecule has 0 N–H and O–H groups in total. The summed E-state index contributed by atoms with van der Waals surface area (Å²) >= 11 is 0. The van der Waals surface area contributed by atoms with Crippen molar-refractivity contribution in [1.29, 1.82) is 0 Å². The van der Waals surface area contributed by atoms with Crippen LogP contribution in [0.2, 0.25) is 0 Å². The number of nitrogens with zero attached hydrogens (tertiary/aromatic N) is 15. The lowest BCUT2D eigenvalue weighted by Gasteiger charge is -2.15. The Bertz CT molecular complexity index is 9110. The maximum Gasteiger partial charge on any atom is 0.160 e. The lowest BCUT2D eigenvalue weighted by atomic mass is 9.93. The molecule has 0 fully saturated rings. The van der Waals surface area contributed by atoms with Gasteiger partial charge in [-0.3, -0.25) is 28.7 Å². The highest BCUT2D eigenvalue weighted by Crippen LogP contribution is 2.43. The average Bonchev–Trinajstić information content (AvgIpc) is 1.28. The first-order chi connectivity index (χ1) is 69.9. The van der Waals surface area contributed by atoms with Gasteiger partial charge in [0.25, 0.3) is 0 Å². The maximum atomic E-state index is 5.37. The first-order valence-corrected chi connectivity index (χ1v) is 46.9. The second-order valence-corrected chi connectivity index (χ2v) is 34.8. The molecule has 9 aromatic heterocycles. The van der Waals surface area contributed by atoms with Crippen molar-refractivity contribution < 1.29 is 0 Å². The number of hydrogen-bond donors (Lipinski definition) is 0. The first-order valence-electron chi connectivity index (χ1n) is 46.9. The summed E-state index contributed by atoms with van der Waals surface area (Å²) in [6.45, 7) is 0. The molecule has 0 unspecified atom stereocenters. The summed E-state index contributed by atoms with van der Waals surface area (Å²) in [5.41, 5.74) is 26.2. The minimum absolute atomic E-state index is 0.663. The Morgan fingerprint density at radius 3 is 0.745 bits per heavy atom. The number of pyridine rings is 3. The summed E-state index contributed by atoms with van der Waals surface area (Å²) in [7, 11) is 0. The third-order valence-electron chi connectivity index (χ3n) is 26.1. The monoisotopic (exact) mass is 1800 g/mol. The van der Waals surface area contributed by atoms with E-state index in [1.54, 1.807) is 12.4 Å². The Morgan fingerprint density at radius 1 is 0.156 bits per heavy atom. The molecule has 0 bridgehead atoms. The van der Waals surface area contributed by atoms with Crippen LogP contribution in [0.5, 0.6) is 0 Å². The smallest absolute Gasteiger partial charge is 0.160 e. The highest BCUT2D eigenvalue weighted by atomic mass is 15.1. The minimum Gasteiger partial charge on any atom is -0.292 e. The van der Waals surface area contributed by atoms with Crippen molar-refractivity contribution in [2.24, 2.45) is 0 Å². The van der Waals surface area contributed by atoms with Crippen molar-refractivity contribution in [1.82, 2.24) is 73.5 Å². The van der Waals surface area contributed by atoms with Gasteiger partial charge in [0.15, 0.2) is 17.5 Å². The molecule has 0 spiro atoms. The molecule has 0 aliphatic carbocycles. The molecule has 660 valence electrons. The summed E-state index contributed by atoms with van der Waals surface area (Å²) in [5.74, 6) is 4.63. The number of imidazole rings is 3. The molecule has 0 aliphatic heterocycles. The van der Waals surface area contributed by atoms with Crippen molar-refractivity contribution >= 4 is 97.7 Å². The average molecular weight is 1810 g/mol. The number of benzene rings is 18. The lowest BCUT2D eigenvalue weighted by Crippen LogP contribution is -1.99. The van der Waals surface area contributed by atoms with E-state index in [-0.39, 0.29) is 0 Å². The number of rotatable bonds is 15. The van der Waals surface area contributed by atoms with Gasteiger partial charge in [-0.15, -0.1) is 0 Å². The van der Waals surface area contributed by atoms with Crippen LogP contribution in [0.25, 0.3) is 251 Å². The van der Waals surface area contributed by atoms with Gasteiger partial charge in [-0.2, -0.15) is 0 Å². The summed E-state index contributed by atoms with van der Waals surface area (Å²) in [6.07, 6.45) is 10.9. The van der Waals surface area contributed by atoms with Gasteiger partial charge in [-0.1, -0.05) is 322 Å². The third-order valence-corrected chi connectivity index (χ3v) is 26.1. The standard InChI is InChI=1S/C50H31N5.C42H27N5.C34H23N5/c1-2-12-33(13-3-1)50-54-47-31-51-27-26-48(47)55(50)36-24-22-32(23-25-36)49-52-45(43-28-34-14-4-6-16-37(34)39-18-8-10-20-41(39)43)30-46(53-49)44-29-35-15-5-7-17-38(35)40-19-9-11-21-42(40)44;1-2-10-31(11-3-1)42-46-39-27-43-23-22-40(39)47(42)36-20-18-30(19-21-36)41-44-37(34-16-14-28-8-4-6-12-32(28)24-34)26-38(45-41)35-17-15-29-9-5-7-13-33(29)25-35;1-4-10-24(11-5-1)29-22-30(25-12-6-2-7-13-25)37-33(36-29)26-16-18-28(19-17-26)39-32-20-21-35-23-31(32)38-34(39)27-14-8-3-9-15-27/h1-31H;1-27H;1-23H. The van der Waals surface area contributed by atoms with Gasteiger partial charge in [0.05, 0.1) is 69.3 Å². The Kier molecular flexibility index (Phi) is 21.6. The fourth-order valence-electron chi connectivity index (χ4n) is 19.2. The maximum absolute atomic E-state index is 5.37. The summed E-state index contributed by atoms with van der Waals surface area (Å²) in [4.78, 5) is 58.8. The van der Waals surface area contributed by atoms with E-state index < -0.39 is 0 Å². The van der Waals surface area contributed by atoms with Gasteiger partial charge in [-0.25, -0.2) is 44.9 Å². The van der Waals surface area contributed by atoms with Gasteiger partial charge >= 0.3 is 0 Å². The molecule has 0 atom stereocenters. The first kappa shape index (κ1) is 83.4. The van der Waals surface area contributed by atoms with Crippen LogP contribution < -0.4 is 0 Å². The molecular formula is C126H81N15. The number of fused-ring (bicyclic) bond motifs is 11. The predicted octanol–water partition coefficient (Wildman–Crippen LogP) is 30.6. The van der Waals surface area contributed by atoms with Crippen LogP contribution in [0.15, 0.2) is 492 Å². The van der Waals surface area contributed by atoms with Crippen LogP contribution >= 0.6 is 0 Å². The van der Waals surface area contributed by atoms with Gasteiger partial charge in [0.1, 0.15) is 34.0 Å². The zero-order valence-electron chi connectivity index (χ0n) is 76.0. The highest BCUT2D eigenvalue weighted by Gasteiger charge is 2.24. The minimum atomic E-state index is 0.663. The van der Waals surface area contributed by atoms with Gasteiger partial charge < -0.3 is 0 Å². The molecule has 141 heavy (non-hydrogen) atoms. The predicted molar refractivity (Wildman–Crippen MR) is 574 cm³/mol. The summed E-state index contributed by atoms with van der Waals surface area (Å²) in [5, 5.41) is 14.3. The summed E-state index contributed by atoms with van der Waals surface area (Å²) in [6, 6.07) is 158. The van der Waals surface area contributed by atoms with Crippen LogP contribution in [0.4, 0.5) is 0 Å². The Hall–Kier alpha value is -19.4. The van der Waals surface area contributed by atoms with Gasteiger partial charge in [0, 0.05) is 102 Å². The van der Waals surface area contributed by atoms with E-state index in [1.165, 1.54) is 53.9 Å². The fourth-order valence-corrected chi connectivity index (χ4v) is 19.2. The molecule has 27 aromatic rings. The molecule has 0 saturated heterocycles. The molecule has 0 amide bonds. The van der Waals surface area contributed by atoms with E-state index in [2.05, 4.69) is 374 Å². The van der Waals surface area contributed by atoms with Crippen LogP contribution in [-0.2, 0) is 0 Å². The molecule has 18 aromatic carbocycles. The molecule has 0 aliphatic rings. The SMILES string of the molecule is c1ccc(-c2cc(-c3ccccc3)nc(-c3ccc(-n4c(-c5ccccc5)nc5cnccc54)cc3)n2)cc1.c1ccc(-c2nc3cnccc3n2-c2ccc(-c3nc(-c4cc5ccccc5c5ccccc45)cc(-c4cc5ccccc5c5ccccc45)n3)cc2)cc1.c1ccc(-c2nc3cnccc3n2-c2ccc(-c3nc(-c4ccc5ccccc5c4)cc(-c4ccc5ccccc5c4)n3)cc2)cc1. The molecule has 0 saturated carbocycles. The molecule has 27 rings (SSSR count). The fraction of sp³-hybridized carbons (Fsp3) is 0. The van der Waals surface area contributed by atoms with Crippen LogP contribution in [0.1, 0.15) is 0 Å². The van der Waals surface area contributed by atoms with Crippen molar-refractivity contribution in [2.45, 2.75) is 0 Å². The summed E-state index contributed by atoms with van der Waals surface area (Å²) < 4.78 is 6.55. The molecule has 0 radical (unpaired) electrons. The van der Waals surface area contributed by atoms with E-state index in [4.69, 9.17) is 44.9 Å². The van der Waals surface area contributed by atoms with Gasteiger partial charge in [0.2, 0.25) is 0 Å². The van der Waals surface area contributed by atoms with Crippen molar-refractivity contribution in [2.75, 3.05) is 0 Å². The van der Waals surface area contributed by atoms with E-state index in [0.717, 1.165) is 179 Å². The zero-order chi connectivity index (χ0) is 93.5. The number of aromatic nitrogens is 15. The van der Waals surface area contributed by atoms with E-state index in [9.17, 15) is 0 Å². The largest absolute Gasteiger partial charge is 0.292 e. The van der Waals surface area contributed by atoms with Gasteiger partial charge in [-0.05, 0) is 198 Å².